The molecule has 0 aromatic heterocycles. The van der Waals surface area contributed by atoms with Crippen LogP contribution >= 0.6 is 23.2 Å². The second-order valence-electron chi connectivity index (χ2n) is 3.76. The third kappa shape index (κ3) is 1.74. The van der Waals surface area contributed by atoms with Crippen LogP contribution in [0.4, 0.5) is 0 Å². The fourth-order valence-electron chi connectivity index (χ4n) is 1.78. The number of rotatable bonds is 0. The van der Waals surface area contributed by atoms with Crippen LogP contribution in [0.15, 0.2) is 17.5 Å². The third-order valence-electron chi connectivity index (χ3n) is 2.59. The predicted molar refractivity (Wildman–Crippen MR) is 68.3 cm³/mol. The molecule has 0 spiro atoms. The van der Waals surface area contributed by atoms with Gasteiger partial charge in [-0.3, -0.25) is 0 Å². The highest BCUT2D eigenvalue weighted by molar-refractivity contribution is 7.89. The first-order chi connectivity index (χ1) is 7.76. The number of hydrazine groups is 1. The maximum atomic E-state index is 12.2. The second-order valence-corrected chi connectivity index (χ2v) is 6.45. The van der Waals surface area contributed by atoms with Crippen LogP contribution in [-0.4, -0.2) is 19.9 Å². The van der Waals surface area contributed by atoms with Crippen LogP contribution in [0.5, 0.6) is 0 Å². The van der Waals surface area contributed by atoms with Gasteiger partial charge in [-0.1, -0.05) is 29.8 Å². The molecule has 2 rings (SSSR count). The van der Waals surface area contributed by atoms with E-state index in [-0.39, 0.29) is 14.9 Å². The van der Waals surface area contributed by atoms with Gasteiger partial charge in [0.1, 0.15) is 4.90 Å². The molecule has 1 aliphatic heterocycles. The first kappa shape index (κ1) is 12.7. The highest BCUT2D eigenvalue weighted by Crippen LogP contribution is 2.40. The van der Waals surface area contributed by atoms with Crippen molar-refractivity contribution in [3.63, 3.8) is 0 Å². The number of fused-ring (bicyclic) bond motifs is 1. The Kier molecular flexibility index (Phi) is 2.90. The molecule has 0 atom stereocenters. The summed E-state index contributed by atoms with van der Waals surface area (Å²) in [4.78, 5) is 0.00965. The second kappa shape index (κ2) is 3.88. The van der Waals surface area contributed by atoms with Crippen LogP contribution in [0.1, 0.15) is 11.1 Å². The van der Waals surface area contributed by atoms with Gasteiger partial charge in [-0.15, -0.1) is 4.41 Å². The Hall–Kier alpha value is -0.750. The standard InChI is InChI=1S/C10H10Cl2N2O2S/c1-5-4-7(11)9(12)10-8(5)6(2)13-14(3)17(10,15)16/h4,13H,2H2,1,3H3. The van der Waals surface area contributed by atoms with E-state index in [1.54, 1.807) is 13.0 Å². The van der Waals surface area contributed by atoms with Crippen LogP contribution in [-0.2, 0) is 10.0 Å². The molecule has 92 valence electrons. The van der Waals surface area contributed by atoms with Gasteiger partial charge in [-0.05, 0) is 18.6 Å². The van der Waals surface area contributed by atoms with E-state index in [1.807, 2.05) is 0 Å². The average Bonchev–Trinajstić information content (AvgIpc) is 2.20. The molecule has 1 aromatic rings. The van der Waals surface area contributed by atoms with E-state index in [0.717, 1.165) is 4.41 Å². The molecule has 1 aromatic carbocycles. The smallest absolute Gasteiger partial charge is 0.261 e. The number of halogens is 2. The van der Waals surface area contributed by atoms with E-state index in [0.29, 0.717) is 16.8 Å². The SMILES string of the molecule is C=C1NN(C)S(=O)(=O)c2c(Cl)c(Cl)cc(C)c21. The zero-order valence-corrected chi connectivity index (χ0v) is 11.5. The molecule has 0 radical (unpaired) electrons. The van der Waals surface area contributed by atoms with Crippen LogP contribution < -0.4 is 5.43 Å². The minimum atomic E-state index is -3.68. The van der Waals surface area contributed by atoms with E-state index in [1.165, 1.54) is 7.05 Å². The van der Waals surface area contributed by atoms with Gasteiger partial charge in [0, 0.05) is 12.6 Å². The van der Waals surface area contributed by atoms with Crippen LogP contribution in [0.3, 0.4) is 0 Å². The predicted octanol–water partition coefficient (Wildman–Crippen LogP) is 2.41. The number of aryl methyl sites for hydroxylation is 1. The van der Waals surface area contributed by atoms with Gasteiger partial charge in [0.2, 0.25) is 0 Å². The molecular formula is C10H10Cl2N2O2S. The minimum absolute atomic E-state index is 0.00965. The van der Waals surface area contributed by atoms with Crippen molar-refractivity contribution >= 4 is 38.9 Å². The van der Waals surface area contributed by atoms with Crippen molar-refractivity contribution in [3.8, 4) is 0 Å². The molecule has 0 amide bonds. The van der Waals surface area contributed by atoms with Crippen molar-refractivity contribution in [2.45, 2.75) is 11.8 Å². The minimum Gasteiger partial charge on any atom is -0.305 e. The summed E-state index contributed by atoms with van der Waals surface area (Å²) in [5.41, 5.74) is 4.34. The van der Waals surface area contributed by atoms with Crippen LogP contribution in [0, 0.1) is 6.92 Å². The van der Waals surface area contributed by atoms with Gasteiger partial charge in [-0.25, -0.2) is 8.42 Å². The first-order valence-corrected chi connectivity index (χ1v) is 6.90. The summed E-state index contributed by atoms with van der Waals surface area (Å²) in [6.45, 7) is 5.54. The van der Waals surface area contributed by atoms with Crippen molar-refractivity contribution in [3.05, 3.63) is 33.8 Å². The van der Waals surface area contributed by atoms with Crippen LogP contribution in [0.2, 0.25) is 10.0 Å². The lowest BCUT2D eigenvalue weighted by atomic mass is 10.1. The topological polar surface area (TPSA) is 49.4 Å². The third-order valence-corrected chi connectivity index (χ3v) is 5.22. The van der Waals surface area contributed by atoms with Crippen molar-refractivity contribution in [2.24, 2.45) is 0 Å². The quantitative estimate of drug-likeness (QED) is 0.799. The van der Waals surface area contributed by atoms with Gasteiger partial charge in [-0.2, -0.15) is 0 Å². The number of hydrogen-bond donors (Lipinski definition) is 1. The number of nitrogens with zero attached hydrogens (tertiary/aromatic N) is 1. The van der Waals surface area contributed by atoms with Crippen molar-refractivity contribution in [2.75, 3.05) is 7.05 Å². The fraction of sp³-hybridized carbons (Fsp3) is 0.200. The molecule has 1 heterocycles. The lowest BCUT2D eigenvalue weighted by Crippen LogP contribution is -2.42. The Balaban J connectivity index is 2.95. The van der Waals surface area contributed by atoms with Gasteiger partial charge in [0.25, 0.3) is 10.0 Å². The summed E-state index contributed by atoms with van der Waals surface area (Å²) in [7, 11) is -2.30. The van der Waals surface area contributed by atoms with E-state index < -0.39 is 10.0 Å². The van der Waals surface area contributed by atoms with Crippen molar-refractivity contribution in [1.82, 2.24) is 9.84 Å². The van der Waals surface area contributed by atoms with E-state index in [2.05, 4.69) is 12.0 Å². The Bertz CT molecular complexity index is 626. The summed E-state index contributed by atoms with van der Waals surface area (Å²) in [5, 5.41) is 0.247. The molecule has 0 fully saturated rings. The lowest BCUT2D eigenvalue weighted by Gasteiger charge is -2.30. The number of hydrogen-bond acceptors (Lipinski definition) is 3. The molecule has 7 heteroatoms. The maximum Gasteiger partial charge on any atom is 0.261 e. The van der Waals surface area contributed by atoms with Gasteiger partial charge >= 0.3 is 0 Å². The van der Waals surface area contributed by atoms with Crippen LogP contribution in [0.25, 0.3) is 5.70 Å². The van der Waals surface area contributed by atoms with E-state index in [4.69, 9.17) is 23.2 Å². The van der Waals surface area contributed by atoms with Crippen molar-refractivity contribution < 1.29 is 8.42 Å². The van der Waals surface area contributed by atoms with E-state index >= 15 is 0 Å². The normalized spacial score (nSPS) is 18.7. The lowest BCUT2D eigenvalue weighted by molar-refractivity contribution is 0.422. The first-order valence-electron chi connectivity index (χ1n) is 4.70. The molecule has 17 heavy (non-hydrogen) atoms. The van der Waals surface area contributed by atoms with Gasteiger partial charge in [0.15, 0.2) is 0 Å². The molecule has 0 aliphatic carbocycles. The highest BCUT2D eigenvalue weighted by atomic mass is 35.5. The molecule has 0 saturated carbocycles. The van der Waals surface area contributed by atoms with Gasteiger partial charge in [0.05, 0.1) is 15.7 Å². The summed E-state index contributed by atoms with van der Waals surface area (Å²) in [5.74, 6) is 0. The van der Waals surface area contributed by atoms with E-state index in [9.17, 15) is 8.42 Å². The molecule has 0 bridgehead atoms. The number of benzene rings is 1. The molecule has 0 unspecified atom stereocenters. The maximum absolute atomic E-state index is 12.2. The number of nitrogens with one attached hydrogen (secondary N) is 1. The molecule has 0 saturated heterocycles. The zero-order valence-electron chi connectivity index (χ0n) is 9.21. The Morgan fingerprint density at radius 2 is 2.00 bits per heavy atom. The van der Waals surface area contributed by atoms with Gasteiger partial charge < -0.3 is 5.43 Å². The van der Waals surface area contributed by atoms with Crippen molar-refractivity contribution in [1.29, 1.82) is 0 Å². The summed E-state index contributed by atoms with van der Waals surface area (Å²) in [6.07, 6.45) is 0. The number of sulfonamides is 1. The average molecular weight is 293 g/mol. The Morgan fingerprint density at radius 1 is 1.41 bits per heavy atom. The molecule has 4 nitrogen and oxygen atoms in total. The monoisotopic (exact) mass is 292 g/mol. The summed E-state index contributed by atoms with van der Waals surface area (Å²) in [6, 6.07) is 1.62. The largest absolute Gasteiger partial charge is 0.305 e. The fourth-order valence-corrected chi connectivity index (χ4v) is 3.92. The summed E-state index contributed by atoms with van der Waals surface area (Å²) < 4.78 is 25.3. The zero-order chi connectivity index (χ0) is 13.0. The molecular weight excluding hydrogens is 283 g/mol. The molecule has 1 aliphatic rings. The molecule has 1 N–H and O–H groups in total. The highest BCUT2D eigenvalue weighted by Gasteiger charge is 2.35. The Labute approximate surface area is 110 Å². The summed E-state index contributed by atoms with van der Waals surface area (Å²) >= 11 is 11.9. The Morgan fingerprint density at radius 3 is 2.59 bits per heavy atom.